The van der Waals surface area contributed by atoms with Gasteiger partial charge in [0.1, 0.15) is 0 Å². The zero-order valence-electron chi connectivity index (χ0n) is 21.9. The minimum atomic E-state index is -4.40. The highest BCUT2D eigenvalue weighted by molar-refractivity contribution is 7.99. The second-order valence-corrected chi connectivity index (χ2v) is 7.84. The van der Waals surface area contributed by atoms with Crippen LogP contribution in [0.25, 0.3) is 0 Å². The van der Waals surface area contributed by atoms with E-state index in [-0.39, 0.29) is 17.8 Å². The van der Waals surface area contributed by atoms with E-state index in [1.54, 1.807) is 23.9 Å². The minimum Gasteiger partial charge on any atom is -0.447 e. The fourth-order valence-corrected chi connectivity index (χ4v) is 3.34. The fraction of sp³-hybridized carbons (Fsp3) is 0.423. The van der Waals surface area contributed by atoms with Crippen LogP contribution in [0.1, 0.15) is 46.1 Å². The third kappa shape index (κ3) is 16.2. The van der Waals surface area contributed by atoms with Crippen molar-refractivity contribution in [1.29, 1.82) is 5.26 Å². The van der Waals surface area contributed by atoms with Crippen LogP contribution >= 0.6 is 11.8 Å². The topological polar surface area (TPSA) is 104 Å². The summed E-state index contributed by atoms with van der Waals surface area (Å²) in [6.45, 7) is 15.9. The number of aromatic nitrogens is 1. The van der Waals surface area contributed by atoms with E-state index in [0.717, 1.165) is 55.0 Å². The van der Waals surface area contributed by atoms with Crippen molar-refractivity contribution >= 4 is 17.7 Å². The number of nitrogens with zero attached hydrogens (tertiary/aromatic N) is 3. The molecule has 0 saturated carbocycles. The molecule has 3 N–H and O–H groups in total. The van der Waals surface area contributed by atoms with Gasteiger partial charge in [-0.25, -0.2) is 10.2 Å². The van der Waals surface area contributed by atoms with E-state index in [4.69, 9.17) is 15.7 Å². The predicted molar refractivity (Wildman–Crippen MR) is 145 cm³/mol. The number of hydrogen-bond donors (Lipinski definition) is 2. The number of alkyl halides is 3. The maximum atomic E-state index is 12.4. The molecule has 1 atom stereocenters. The Morgan fingerprint density at radius 1 is 1.38 bits per heavy atom. The molecule has 1 aromatic rings. The summed E-state index contributed by atoms with van der Waals surface area (Å²) >= 11 is 1.79. The molecule has 1 saturated heterocycles. The van der Waals surface area contributed by atoms with Crippen LogP contribution in [0, 0.1) is 11.8 Å². The van der Waals surface area contributed by atoms with Gasteiger partial charge in [-0.2, -0.15) is 13.2 Å². The highest BCUT2D eigenvalue weighted by Gasteiger charge is 2.30. The lowest BCUT2D eigenvalue weighted by molar-refractivity contribution is -0.137. The number of thioether (sulfide) groups is 1. The molecule has 0 radical (unpaired) electrons. The van der Waals surface area contributed by atoms with Gasteiger partial charge in [-0.3, -0.25) is 4.79 Å². The molecule has 1 aliphatic heterocycles. The van der Waals surface area contributed by atoms with Crippen molar-refractivity contribution < 1.29 is 22.7 Å². The van der Waals surface area contributed by atoms with Crippen molar-refractivity contribution in [3.63, 3.8) is 0 Å². The van der Waals surface area contributed by atoms with Gasteiger partial charge in [0.2, 0.25) is 11.8 Å². The van der Waals surface area contributed by atoms with Gasteiger partial charge in [0.05, 0.1) is 23.7 Å². The number of amides is 1. The molecule has 2 heterocycles. The van der Waals surface area contributed by atoms with Crippen LogP contribution in [-0.4, -0.2) is 40.0 Å². The quantitative estimate of drug-likeness (QED) is 0.292. The van der Waals surface area contributed by atoms with Gasteiger partial charge >= 0.3 is 6.18 Å². The number of allylic oxidation sites excluding steroid dienone is 4. The van der Waals surface area contributed by atoms with Crippen molar-refractivity contribution in [1.82, 2.24) is 15.2 Å². The molecule has 1 amide bonds. The molecule has 0 aromatic carbocycles. The Morgan fingerprint density at radius 3 is 2.51 bits per heavy atom. The van der Waals surface area contributed by atoms with E-state index >= 15 is 0 Å². The first-order chi connectivity index (χ1) is 17.7. The van der Waals surface area contributed by atoms with E-state index in [0.29, 0.717) is 0 Å². The Labute approximate surface area is 223 Å². The molecule has 7 nitrogen and oxygen atoms in total. The Bertz CT molecular complexity index is 863. The first-order valence-corrected chi connectivity index (χ1v) is 12.9. The largest absolute Gasteiger partial charge is 0.447 e. The number of pyridine rings is 1. The van der Waals surface area contributed by atoms with Crippen LogP contribution in [0.4, 0.5) is 13.2 Å². The lowest BCUT2D eigenvalue weighted by Crippen LogP contribution is -2.41. The normalized spacial score (nSPS) is 13.9. The van der Waals surface area contributed by atoms with Crippen LogP contribution in [0.5, 0.6) is 5.88 Å². The maximum absolute atomic E-state index is 12.4. The molecule has 1 aliphatic rings. The van der Waals surface area contributed by atoms with Gasteiger partial charge in [0, 0.05) is 36.8 Å². The van der Waals surface area contributed by atoms with Gasteiger partial charge in [0.15, 0.2) is 0 Å². The molecule has 1 fully saturated rings. The molecular weight excluding hydrogens is 503 g/mol. The molecule has 0 bridgehead atoms. The van der Waals surface area contributed by atoms with Crippen molar-refractivity contribution in [3.8, 4) is 12.5 Å². The summed E-state index contributed by atoms with van der Waals surface area (Å²) in [5, 5.41) is 9.43. The third-order valence-electron chi connectivity index (χ3n) is 4.23. The number of rotatable bonds is 9. The number of ether oxygens (including phenoxy) is 1. The first kappa shape index (κ1) is 35.9. The Morgan fingerprint density at radius 2 is 2.05 bits per heavy atom. The van der Waals surface area contributed by atoms with Gasteiger partial charge < -0.3 is 20.7 Å². The standard InChI is InChI=1S/C16H17F3N2O.C7H14N2OS.C2H6.CHN/c1-3-5-7-14(20-4-2)8-6-11-22-15-10-9-13(12-21-15)16(17,18)19;1-2-6(8)7(10)9-3-4-11-5-9;2*1-2/h4-12,20H,2-3H2,1H3;6H,2-5,8H2,1H3;1-2H3;1H/b7-5-,11-6+,14-8+;;;. The van der Waals surface area contributed by atoms with Gasteiger partial charge in [-0.1, -0.05) is 40.3 Å². The number of halogens is 3. The van der Waals surface area contributed by atoms with E-state index in [1.165, 1.54) is 12.5 Å². The van der Waals surface area contributed by atoms with Crippen LogP contribution < -0.4 is 15.8 Å². The van der Waals surface area contributed by atoms with Crippen molar-refractivity contribution in [2.75, 3.05) is 18.2 Å². The number of hydrogen-bond acceptors (Lipinski definition) is 7. The highest BCUT2D eigenvalue weighted by Crippen LogP contribution is 2.29. The number of carbonyl (C=O) groups excluding carboxylic acids is 1. The molecule has 0 aliphatic carbocycles. The van der Waals surface area contributed by atoms with E-state index in [2.05, 4.69) is 23.5 Å². The summed E-state index contributed by atoms with van der Waals surface area (Å²) < 4.78 is 42.2. The maximum Gasteiger partial charge on any atom is 0.417 e. The highest BCUT2D eigenvalue weighted by atomic mass is 32.2. The minimum absolute atomic E-state index is 0.0833. The summed E-state index contributed by atoms with van der Waals surface area (Å²) in [5.74, 6) is 2.08. The Balaban J connectivity index is 0. The van der Waals surface area contributed by atoms with Gasteiger partial charge in [-0.05, 0) is 43.3 Å². The lowest BCUT2D eigenvalue weighted by Gasteiger charge is -2.17. The monoisotopic (exact) mass is 541 g/mol. The molecule has 206 valence electrons. The van der Waals surface area contributed by atoms with E-state index in [1.807, 2.05) is 44.7 Å². The molecule has 2 rings (SSSR count). The third-order valence-corrected chi connectivity index (χ3v) is 5.20. The SMILES string of the molecule is C#N.C=CNC(/C=C\CC)=C/C=C/Oc1ccc(C(F)(F)F)cn1.CC.CCC(N)C(=O)N1CCSC1. The van der Waals surface area contributed by atoms with Crippen molar-refractivity contribution in [2.24, 2.45) is 5.73 Å². The Hall–Kier alpha value is -3.23. The first-order valence-electron chi connectivity index (χ1n) is 11.7. The van der Waals surface area contributed by atoms with Crippen molar-refractivity contribution in [3.05, 3.63) is 72.9 Å². The average molecular weight is 542 g/mol. The van der Waals surface area contributed by atoms with Crippen LogP contribution in [0.2, 0.25) is 0 Å². The smallest absolute Gasteiger partial charge is 0.417 e. The van der Waals surface area contributed by atoms with Gasteiger partial charge in [0.25, 0.3) is 0 Å². The molecule has 1 unspecified atom stereocenters. The lowest BCUT2D eigenvalue weighted by atomic mass is 10.2. The number of nitrogens with two attached hydrogens (primary N) is 1. The van der Waals surface area contributed by atoms with Crippen molar-refractivity contribution in [2.45, 2.75) is 52.8 Å². The summed E-state index contributed by atoms with van der Waals surface area (Å²) in [4.78, 5) is 16.8. The Kier molecular flexibility index (Phi) is 21.4. The summed E-state index contributed by atoms with van der Waals surface area (Å²) in [6.07, 6.45) is 8.01. The zero-order valence-corrected chi connectivity index (χ0v) is 22.7. The summed E-state index contributed by atoms with van der Waals surface area (Å²) in [5.41, 5.74) is 5.58. The van der Waals surface area contributed by atoms with E-state index in [9.17, 15) is 18.0 Å². The molecule has 11 heteroatoms. The summed E-state index contributed by atoms with van der Waals surface area (Å²) in [6, 6.07) is 1.80. The van der Waals surface area contributed by atoms with Crippen LogP contribution in [-0.2, 0) is 11.0 Å². The van der Waals surface area contributed by atoms with Crippen LogP contribution in [0.15, 0.2) is 67.4 Å². The second-order valence-electron chi connectivity index (χ2n) is 6.76. The number of nitriles is 1. The molecule has 0 spiro atoms. The molecule has 1 aromatic heterocycles. The molecular formula is C26H38F3N5O2S. The number of carbonyl (C=O) groups is 1. The zero-order chi connectivity index (χ0) is 28.7. The van der Waals surface area contributed by atoms with Crippen LogP contribution in [0.3, 0.4) is 0 Å². The average Bonchev–Trinajstić information content (AvgIpc) is 3.46. The predicted octanol–water partition coefficient (Wildman–Crippen LogP) is 6.00. The van der Waals surface area contributed by atoms with Gasteiger partial charge in [-0.15, -0.1) is 11.8 Å². The second kappa shape index (κ2) is 22.0. The number of nitrogens with one attached hydrogen (secondary N) is 1. The molecule has 37 heavy (non-hydrogen) atoms. The van der Waals surface area contributed by atoms with E-state index < -0.39 is 11.7 Å². The fourth-order valence-electron chi connectivity index (χ4n) is 2.38. The summed E-state index contributed by atoms with van der Waals surface area (Å²) in [7, 11) is 0.